The summed E-state index contributed by atoms with van der Waals surface area (Å²) in [7, 11) is 1.72. The van der Waals surface area contributed by atoms with E-state index in [2.05, 4.69) is 9.97 Å². The molecule has 0 saturated carbocycles. The van der Waals surface area contributed by atoms with Gasteiger partial charge in [-0.25, -0.2) is 9.97 Å². The van der Waals surface area contributed by atoms with Crippen molar-refractivity contribution in [2.24, 2.45) is 0 Å². The van der Waals surface area contributed by atoms with Gasteiger partial charge in [-0.15, -0.1) is 0 Å². The molecule has 0 aliphatic carbocycles. The number of anilines is 1. The largest absolute Gasteiger partial charge is 0.374 e. The summed E-state index contributed by atoms with van der Waals surface area (Å²) in [4.78, 5) is 9.39. The molecule has 1 atom stereocenters. The molecular weight excluding hydrogens is 178 g/mol. The lowest BCUT2D eigenvalue weighted by Gasteiger charge is -2.20. The third-order valence-corrected chi connectivity index (χ3v) is 1.72. The van der Waals surface area contributed by atoms with Gasteiger partial charge < -0.3 is 10.0 Å². The van der Waals surface area contributed by atoms with Crippen LogP contribution in [0.5, 0.6) is 0 Å². The minimum Gasteiger partial charge on any atom is -0.374 e. The van der Waals surface area contributed by atoms with Gasteiger partial charge >= 0.3 is 0 Å². The van der Waals surface area contributed by atoms with Crippen LogP contribution in [0.25, 0.3) is 0 Å². The van der Waals surface area contributed by atoms with E-state index in [-0.39, 0.29) is 0 Å². The molecule has 1 N–H and O–H groups in total. The first-order valence-corrected chi connectivity index (χ1v) is 3.87. The monoisotopic (exact) mass is 187 g/mol. The third kappa shape index (κ3) is 2.06. The van der Waals surface area contributed by atoms with E-state index in [1.54, 1.807) is 18.9 Å². The Kier molecular flexibility index (Phi) is 2.83. The summed E-state index contributed by atoms with van der Waals surface area (Å²) < 4.78 is 0. The van der Waals surface area contributed by atoms with Crippen LogP contribution < -0.4 is 4.90 Å². The fourth-order valence-electron chi connectivity index (χ4n) is 0.679. The molecule has 1 rings (SSSR count). The van der Waals surface area contributed by atoms with Gasteiger partial charge in [0.05, 0.1) is 12.4 Å². The lowest BCUT2D eigenvalue weighted by Crippen LogP contribution is -2.28. The Balaban J connectivity index is 2.82. The summed E-state index contributed by atoms with van der Waals surface area (Å²) in [5.41, 5.74) is 0. The number of aliphatic hydroxyl groups excluding tert-OH is 1. The fourth-order valence-corrected chi connectivity index (χ4v) is 0.777. The minimum absolute atomic E-state index is 0.345. The number of nitrogens with zero attached hydrogens (tertiary/aromatic N) is 3. The Morgan fingerprint density at radius 1 is 1.50 bits per heavy atom. The van der Waals surface area contributed by atoms with E-state index < -0.39 is 6.23 Å². The van der Waals surface area contributed by atoms with Crippen molar-refractivity contribution in [1.82, 2.24) is 9.97 Å². The lowest BCUT2D eigenvalue weighted by molar-refractivity contribution is 0.194. The Morgan fingerprint density at radius 3 is 2.58 bits per heavy atom. The SMILES string of the molecule is CC(O)N(C)c1cnc(Cl)cn1. The zero-order valence-electron chi connectivity index (χ0n) is 6.90. The first-order valence-electron chi connectivity index (χ1n) is 3.49. The summed E-state index contributed by atoms with van der Waals surface area (Å²) >= 11 is 5.54. The van der Waals surface area contributed by atoms with Crippen molar-refractivity contribution in [2.45, 2.75) is 13.2 Å². The van der Waals surface area contributed by atoms with Crippen LogP contribution in [-0.2, 0) is 0 Å². The Bertz CT molecular complexity index is 249. The van der Waals surface area contributed by atoms with E-state index in [4.69, 9.17) is 16.7 Å². The van der Waals surface area contributed by atoms with Crippen LogP contribution in [0.15, 0.2) is 12.4 Å². The second-order valence-electron chi connectivity index (χ2n) is 2.44. The zero-order chi connectivity index (χ0) is 9.14. The molecule has 66 valence electrons. The second kappa shape index (κ2) is 3.69. The van der Waals surface area contributed by atoms with Crippen LogP contribution in [0.3, 0.4) is 0 Å². The average Bonchev–Trinajstić information content (AvgIpc) is 2.04. The Hall–Kier alpha value is -0.870. The van der Waals surface area contributed by atoms with E-state index in [1.165, 1.54) is 12.4 Å². The number of hydrogen-bond donors (Lipinski definition) is 1. The first kappa shape index (κ1) is 9.22. The Labute approximate surface area is 75.8 Å². The predicted octanol–water partition coefficient (Wildman–Crippen LogP) is 0.904. The molecule has 0 saturated heterocycles. The molecule has 0 amide bonds. The molecule has 0 aromatic carbocycles. The summed E-state index contributed by atoms with van der Waals surface area (Å²) in [6.07, 6.45) is 2.37. The molecule has 0 bridgehead atoms. The highest BCUT2D eigenvalue weighted by molar-refractivity contribution is 6.29. The summed E-state index contributed by atoms with van der Waals surface area (Å²) in [6.45, 7) is 1.65. The van der Waals surface area contributed by atoms with E-state index >= 15 is 0 Å². The third-order valence-electron chi connectivity index (χ3n) is 1.53. The highest BCUT2D eigenvalue weighted by Crippen LogP contribution is 2.10. The summed E-state index contributed by atoms with van der Waals surface area (Å²) in [6, 6.07) is 0. The molecule has 1 aromatic heterocycles. The maximum Gasteiger partial charge on any atom is 0.148 e. The van der Waals surface area contributed by atoms with Crippen LogP contribution in [0, 0.1) is 0 Å². The van der Waals surface area contributed by atoms with Gasteiger partial charge in [-0.3, -0.25) is 0 Å². The second-order valence-corrected chi connectivity index (χ2v) is 2.83. The molecule has 1 aromatic rings. The van der Waals surface area contributed by atoms with Gasteiger partial charge in [0.25, 0.3) is 0 Å². The standard InChI is InChI=1S/C7H10ClN3O/c1-5(12)11(2)7-4-9-6(8)3-10-7/h3-5,12H,1-2H3. The molecule has 0 aliphatic heterocycles. The molecular formula is C7H10ClN3O. The molecule has 0 aliphatic rings. The maximum atomic E-state index is 9.17. The topological polar surface area (TPSA) is 49.2 Å². The van der Waals surface area contributed by atoms with E-state index in [0.717, 1.165) is 0 Å². The van der Waals surface area contributed by atoms with E-state index in [1.807, 2.05) is 0 Å². The van der Waals surface area contributed by atoms with Gasteiger partial charge in [0, 0.05) is 7.05 Å². The highest BCUT2D eigenvalue weighted by atomic mass is 35.5. The molecule has 0 fully saturated rings. The number of aromatic nitrogens is 2. The summed E-state index contributed by atoms with van der Waals surface area (Å²) in [5.74, 6) is 0.592. The van der Waals surface area contributed by atoms with Gasteiger partial charge in [0.1, 0.15) is 17.2 Å². The predicted molar refractivity (Wildman–Crippen MR) is 47.1 cm³/mol. The van der Waals surface area contributed by atoms with Gasteiger partial charge in [-0.1, -0.05) is 11.6 Å². The number of aliphatic hydroxyl groups is 1. The van der Waals surface area contributed by atoms with Crippen molar-refractivity contribution in [3.05, 3.63) is 17.5 Å². The van der Waals surface area contributed by atoms with Crippen LogP contribution in [0.2, 0.25) is 5.15 Å². The van der Waals surface area contributed by atoms with Crippen molar-refractivity contribution < 1.29 is 5.11 Å². The van der Waals surface area contributed by atoms with Crippen LogP contribution in [0.4, 0.5) is 5.82 Å². The van der Waals surface area contributed by atoms with Gasteiger partial charge in [0.2, 0.25) is 0 Å². The average molecular weight is 188 g/mol. The summed E-state index contributed by atoms with van der Waals surface area (Å²) in [5, 5.41) is 9.51. The Morgan fingerprint density at radius 2 is 2.17 bits per heavy atom. The van der Waals surface area contributed by atoms with Crippen LogP contribution >= 0.6 is 11.6 Å². The van der Waals surface area contributed by atoms with Crippen molar-refractivity contribution in [2.75, 3.05) is 11.9 Å². The molecule has 0 radical (unpaired) electrons. The number of hydrogen-bond acceptors (Lipinski definition) is 4. The van der Waals surface area contributed by atoms with Gasteiger partial charge in [-0.05, 0) is 6.92 Å². The van der Waals surface area contributed by atoms with Crippen LogP contribution in [0.1, 0.15) is 6.92 Å². The van der Waals surface area contributed by atoms with Crippen molar-refractivity contribution in [1.29, 1.82) is 0 Å². The lowest BCUT2D eigenvalue weighted by atomic mass is 10.5. The van der Waals surface area contributed by atoms with Crippen LogP contribution in [-0.4, -0.2) is 28.4 Å². The minimum atomic E-state index is -0.583. The van der Waals surface area contributed by atoms with Crippen molar-refractivity contribution in [3.63, 3.8) is 0 Å². The highest BCUT2D eigenvalue weighted by Gasteiger charge is 2.06. The smallest absolute Gasteiger partial charge is 0.148 e. The van der Waals surface area contributed by atoms with E-state index in [0.29, 0.717) is 11.0 Å². The maximum absolute atomic E-state index is 9.17. The number of halogens is 1. The van der Waals surface area contributed by atoms with Gasteiger partial charge in [-0.2, -0.15) is 0 Å². The quantitative estimate of drug-likeness (QED) is 0.700. The normalized spacial score (nSPS) is 12.7. The van der Waals surface area contributed by atoms with Gasteiger partial charge in [0.15, 0.2) is 0 Å². The molecule has 4 nitrogen and oxygen atoms in total. The van der Waals surface area contributed by atoms with Crippen molar-refractivity contribution >= 4 is 17.4 Å². The molecule has 1 heterocycles. The van der Waals surface area contributed by atoms with E-state index in [9.17, 15) is 0 Å². The van der Waals surface area contributed by atoms with Crippen molar-refractivity contribution in [3.8, 4) is 0 Å². The zero-order valence-corrected chi connectivity index (χ0v) is 7.65. The molecule has 1 unspecified atom stereocenters. The fraction of sp³-hybridized carbons (Fsp3) is 0.429. The number of rotatable bonds is 2. The first-order chi connectivity index (χ1) is 5.61. The molecule has 5 heteroatoms. The molecule has 0 spiro atoms. The molecule has 12 heavy (non-hydrogen) atoms.